The second-order valence-corrected chi connectivity index (χ2v) is 5.75. The van der Waals surface area contributed by atoms with Crippen molar-refractivity contribution in [2.75, 3.05) is 0 Å². The van der Waals surface area contributed by atoms with Gasteiger partial charge in [-0.05, 0) is 5.56 Å². The fraction of sp³-hybridized carbons (Fsp3) is 0. The van der Waals surface area contributed by atoms with Gasteiger partial charge in [-0.15, -0.1) is 5.10 Å². The molecular weight excluding hydrogens is 434 g/mol. The summed E-state index contributed by atoms with van der Waals surface area (Å²) in [6.07, 6.45) is 6.92. The van der Waals surface area contributed by atoms with Crippen LogP contribution in [0.15, 0.2) is 72.8 Å². The molecule has 1 aliphatic carbocycles. The zero-order valence-electron chi connectivity index (χ0n) is 15.1. The van der Waals surface area contributed by atoms with Gasteiger partial charge in [-0.25, -0.2) is 12.1 Å². The van der Waals surface area contributed by atoms with Crippen LogP contribution in [0.2, 0.25) is 0 Å². The van der Waals surface area contributed by atoms with Crippen LogP contribution in [-0.4, -0.2) is 25.3 Å². The number of aromatic nitrogens is 3. The number of hydrogen-bond acceptors (Lipinski definition) is 7. The molecule has 1 N–H and O–H groups in total. The zero-order chi connectivity index (χ0) is 20.8. The molecule has 0 amide bonds. The molecule has 0 atom stereocenters. The van der Waals surface area contributed by atoms with Crippen LogP contribution in [0.4, 0.5) is 11.4 Å². The first kappa shape index (κ1) is 22.3. The minimum atomic E-state index is -0.799. The van der Waals surface area contributed by atoms with Crippen molar-refractivity contribution >= 4 is 22.7 Å². The van der Waals surface area contributed by atoms with Crippen molar-refractivity contribution in [2.45, 2.75) is 0 Å². The molecule has 1 aliphatic rings. The standard InChI is InChI=1S/C14H9N5O5.C5H5.Fe/c20-14(13-12(15-17-16-13)8-3-1-2-4-8)9-5-10(18(21)22)7-11(6-9)19(23)24;1-2-4-5-3-1;/h1-7,20H,(H,15,16);1-5H;/q;-1;+2/p-1/b14-13+;;. The van der Waals surface area contributed by atoms with Crippen LogP contribution >= 0.6 is 0 Å². The number of aromatic amines is 1. The van der Waals surface area contributed by atoms with E-state index in [1.54, 1.807) is 24.3 Å². The van der Waals surface area contributed by atoms with Crippen molar-refractivity contribution in [2.24, 2.45) is 0 Å². The Kier molecular flexibility index (Phi) is 7.45. The van der Waals surface area contributed by atoms with Gasteiger partial charge in [-0.1, -0.05) is 35.3 Å². The van der Waals surface area contributed by atoms with Gasteiger partial charge in [0.15, 0.2) is 0 Å². The third-order valence-electron chi connectivity index (χ3n) is 3.85. The number of nitro groups is 2. The molecule has 0 fully saturated rings. The smallest absolute Gasteiger partial charge is 0.871 e. The van der Waals surface area contributed by atoms with Crippen LogP contribution in [0.3, 0.4) is 0 Å². The fourth-order valence-corrected chi connectivity index (χ4v) is 2.52. The average Bonchev–Trinajstić information content (AvgIpc) is 3.50. The summed E-state index contributed by atoms with van der Waals surface area (Å²) in [7, 11) is 0. The Labute approximate surface area is 179 Å². The predicted molar refractivity (Wildman–Crippen MR) is 102 cm³/mol. The van der Waals surface area contributed by atoms with Gasteiger partial charge < -0.3 is 5.11 Å². The fourth-order valence-electron chi connectivity index (χ4n) is 2.52. The molecule has 2 aromatic carbocycles. The average molecular weight is 447 g/mol. The summed E-state index contributed by atoms with van der Waals surface area (Å²) in [4.78, 5) is 20.3. The molecule has 0 radical (unpaired) electrons. The van der Waals surface area contributed by atoms with E-state index in [-0.39, 0.29) is 33.3 Å². The molecule has 4 rings (SSSR count). The second kappa shape index (κ2) is 10.0. The maximum absolute atomic E-state index is 12.6. The molecule has 0 saturated heterocycles. The van der Waals surface area contributed by atoms with Gasteiger partial charge in [0.1, 0.15) is 5.35 Å². The van der Waals surface area contributed by atoms with E-state index in [2.05, 4.69) is 15.4 Å². The van der Waals surface area contributed by atoms with Gasteiger partial charge in [-0.2, -0.15) is 18.2 Å². The van der Waals surface area contributed by atoms with E-state index in [4.69, 9.17) is 0 Å². The number of nitrogens with zero attached hydrogens (tertiary/aromatic N) is 4. The van der Waals surface area contributed by atoms with Crippen LogP contribution in [0.1, 0.15) is 5.56 Å². The largest absolute Gasteiger partial charge is 2.00 e. The summed E-state index contributed by atoms with van der Waals surface area (Å²) < 4.78 is 0. The first-order valence-corrected chi connectivity index (χ1v) is 8.25. The second-order valence-electron chi connectivity index (χ2n) is 5.75. The number of allylic oxidation sites excluding steroid dienone is 4. The first-order chi connectivity index (χ1) is 14.0. The zero-order valence-corrected chi connectivity index (χ0v) is 16.2. The predicted octanol–water partition coefficient (Wildman–Crippen LogP) is 0.818. The van der Waals surface area contributed by atoms with Crippen LogP contribution < -0.4 is 15.8 Å². The number of nitro benzene ring substituents is 2. The molecule has 11 heteroatoms. The van der Waals surface area contributed by atoms with Gasteiger partial charge in [0.25, 0.3) is 11.4 Å². The summed E-state index contributed by atoms with van der Waals surface area (Å²) in [6.45, 7) is 0. The molecule has 152 valence electrons. The molecule has 0 bridgehead atoms. The third-order valence-corrected chi connectivity index (χ3v) is 3.85. The first-order valence-electron chi connectivity index (χ1n) is 8.25. The minimum Gasteiger partial charge on any atom is -0.871 e. The van der Waals surface area contributed by atoms with Crippen molar-refractivity contribution in [3.63, 3.8) is 0 Å². The molecule has 10 nitrogen and oxygen atoms in total. The Morgan fingerprint density at radius 2 is 1.53 bits per heavy atom. The van der Waals surface area contributed by atoms with E-state index in [0.29, 0.717) is 5.57 Å². The van der Waals surface area contributed by atoms with E-state index in [0.717, 1.165) is 18.2 Å². The SMILES string of the molecule is O=[N+]([O-])c1cc(/C([O-])=c2\[nH]nnc2=C2C=CC=C2)cc([N+](=O)[O-])c1.[Fe+2].c1cc[cH-]c1. The Hall–Kier alpha value is -3.95. The number of benzene rings is 1. The van der Waals surface area contributed by atoms with Crippen LogP contribution in [-0.2, 0) is 17.1 Å². The van der Waals surface area contributed by atoms with Crippen LogP contribution in [0.5, 0.6) is 0 Å². The Balaban J connectivity index is 0.000000468. The van der Waals surface area contributed by atoms with Gasteiger partial charge in [-0.3, -0.25) is 25.3 Å². The molecule has 3 aromatic rings. The number of nitrogens with one attached hydrogen (secondary N) is 1. The monoisotopic (exact) mass is 447 g/mol. The van der Waals surface area contributed by atoms with Gasteiger partial charge in [0.05, 0.1) is 21.3 Å². The van der Waals surface area contributed by atoms with Crippen molar-refractivity contribution < 1.29 is 32.0 Å². The maximum Gasteiger partial charge on any atom is 2.00 e. The van der Waals surface area contributed by atoms with E-state index in [9.17, 15) is 25.3 Å². The van der Waals surface area contributed by atoms with Crippen molar-refractivity contribution in [3.8, 4) is 0 Å². The van der Waals surface area contributed by atoms with E-state index in [1.807, 2.05) is 30.3 Å². The van der Waals surface area contributed by atoms with Gasteiger partial charge >= 0.3 is 17.1 Å². The molecule has 0 spiro atoms. The number of H-pyrrole nitrogens is 1. The van der Waals surface area contributed by atoms with Crippen LogP contribution in [0, 0.1) is 20.2 Å². The number of non-ortho nitro benzene ring substituents is 2. The van der Waals surface area contributed by atoms with E-state index < -0.39 is 27.0 Å². The van der Waals surface area contributed by atoms with Gasteiger partial charge in [0, 0.05) is 17.7 Å². The Morgan fingerprint density at radius 1 is 0.967 bits per heavy atom. The normalized spacial score (nSPS) is 12.6. The van der Waals surface area contributed by atoms with Crippen molar-refractivity contribution in [3.05, 3.63) is 109 Å². The Morgan fingerprint density at radius 3 is 2.00 bits per heavy atom. The minimum absolute atomic E-state index is 0. The summed E-state index contributed by atoms with van der Waals surface area (Å²) in [5, 5.41) is 44.6. The Bertz CT molecular complexity index is 1170. The topological polar surface area (TPSA) is 151 Å². The quantitative estimate of drug-likeness (QED) is 0.270. The number of hydrogen-bond donors (Lipinski definition) is 1. The van der Waals surface area contributed by atoms with E-state index in [1.165, 1.54) is 0 Å². The summed E-state index contributed by atoms with van der Waals surface area (Å²) in [5.74, 6) is -0.678. The third kappa shape index (κ3) is 5.10. The molecule has 0 aliphatic heterocycles. The molecule has 0 unspecified atom stereocenters. The molecule has 1 aromatic heterocycles. The molecule has 1 heterocycles. The summed E-state index contributed by atoms with van der Waals surface area (Å²) in [5.41, 5.74) is -0.661. The van der Waals surface area contributed by atoms with Gasteiger partial charge in [0.2, 0.25) is 0 Å². The molecule has 0 saturated carbocycles. The van der Waals surface area contributed by atoms with E-state index >= 15 is 0 Å². The maximum atomic E-state index is 12.6. The molecule has 30 heavy (non-hydrogen) atoms. The van der Waals surface area contributed by atoms with Crippen molar-refractivity contribution in [1.29, 1.82) is 0 Å². The molecular formula is C19H13FeN5O5. The van der Waals surface area contributed by atoms with Crippen molar-refractivity contribution in [1.82, 2.24) is 15.4 Å². The summed E-state index contributed by atoms with van der Waals surface area (Å²) in [6, 6.07) is 12.7. The summed E-state index contributed by atoms with van der Waals surface area (Å²) >= 11 is 0. The number of rotatable bonds is 3. The van der Waals surface area contributed by atoms with Crippen LogP contribution in [0.25, 0.3) is 11.3 Å².